The van der Waals surface area contributed by atoms with Crippen LogP contribution in [0.3, 0.4) is 0 Å². The molecule has 0 bridgehead atoms. The number of alkyl carbamates (subject to hydrolysis) is 1. The highest BCUT2D eigenvalue weighted by molar-refractivity contribution is 8.01. The molecule has 2 aliphatic heterocycles. The average molecular weight is 1250 g/mol. The number of rotatable bonds is 20. The van der Waals surface area contributed by atoms with E-state index in [-0.39, 0.29) is 34.5 Å². The molecule has 3 N–H and O–H groups in total. The zero-order chi connectivity index (χ0) is 62.4. The van der Waals surface area contributed by atoms with Gasteiger partial charge in [-0.1, -0.05) is 212 Å². The Bertz CT molecular complexity index is 4060. The normalized spacial score (nSPS) is 15.2. The summed E-state index contributed by atoms with van der Waals surface area (Å²) in [5.41, 5.74) is 5.20. The highest BCUT2D eigenvalue weighted by Crippen LogP contribution is 2.45. The summed E-state index contributed by atoms with van der Waals surface area (Å²) in [5, 5.41) is 15.9. The number of benzene rings is 7. The zero-order valence-corrected chi connectivity index (χ0v) is 51.8. The number of β-lactam (4-membered cyclic amide) rings is 1. The van der Waals surface area contributed by atoms with E-state index in [4.69, 9.17) is 19.2 Å². The first-order valence-corrected chi connectivity index (χ1v) is 32.0. The molecule has 7 aromatic carbocycles. The van der Waals surface area contributed by atoms with Gasteiger partial charge in [0.05, 0.1) is 5.69 Å². The van der Waals surface area contributed by atoms with Crippen molar-refractivity contribution in [1.29, 1.82) is 0 Å². The van der Waals surface area contributed by atoms with Gasteiger partial charge in [0.25, 0.3) is 17.5 Å². The van der Waals surface area contributed by atoms with Crippen molar-refractivity contribution in [2.45, 2.75) is 73.5 Å². The molecule has 0 radical (unpaired) electrons. The van der Waals surface area contributed by atoms with Crippen LogP contribution in [0.5, 0.6) is 0 Å². The number of nitrogens with one attached hydrogen (secondary N) is 3. The number of thiazole rings is 1. The van der Waals surface area contributed by atoms with Crippen molar-refractivity contribution in [3.8, 4) is 0 Å². The number of carbonyl (C=O) groups excluding carboxylic acids is 5. The van der Waals surface area contributed by atoms with Gasteiger partial charge in [0.15, 0.2) is 23.4 Å². The largest absolute Gasteiger partial charge is 0.448 e. The van der Waals surface area contributed by atoms with Gasteiger partial charge in [-0.15, -0.1) is 40.0 Å². The number of hydrogen-bond donors (Lipinski definition) is 3. The molecule has 3 atom stereocenters. The minimum absolute atomic E-state index is 0.0220. The fourth-order valence-electron chi connectivity index (χ4n) is 10.9. The number of nitrogens with zero attached hydrogens (tertiary/aromatic N) is 6. The summed E-state index contributed by atoms with van der Waals surface area (Å²) in [5.74, 6) is -2.50. The summed E-state index contributed by atoms with van der Waals surface area (Å²) in [4.78, 5) is 88.5. The van der Waals surface area contributed by atoms with Gasteiger partial charge in [0, 0.05) is 22.6 Å². The summed E-state index contributed by atoms with van der Waals surface area (Å²) in [6.45, 7) is 6.94. The van der Waals surface area contributed by atoms with Crippen LogP contribution in [0.25, 0.3) is 5.78 Å². The lowest BCUT2D eigenvalue weighted by Crippen LogP contribution is -2.71. The van der Waals surface area contributed by atoms with Crippen LogP contribution >= 0.6 is 34.9 Å². The van der Waals surface area contributed by atoms with Crippen molar-refractivity contribution in [2.75, 3.05) is 16.8 Å². The quantitative estimate of drug-likeness (QED) is 0.0162. The fourth-order valence-corrected chi connectivity index (χ4v) is 14.3. The van der Waals surface area contributed by atoms with Crippen LogP contribution < -0.4 is 16.0 Å². The van der Waals surface area contributed by atoms with Gasteiger partial charge in [0.2, 0.25) is 5.91 Å². The molecule has 12 rings (SSSR count). The van der Waals surface area contributed by atoms with Crippen LogP contribution in [0.4, 0.5) is 9.93 Å². The molecule has 20 heteroatoms. The lowest BCUT2D eigenvalue weighted by Gasteiger charge is -2.50. The van der Waals surface area contributed by atoms with E-state index in [1.807, 2.05) is 212 Å². The van der Waals surface area contributed by atoms with Gasteiger partial charge >= 0.3 is 18.0 Å². The first-order chi connectivity index (χ1) is 43.7. The van der Waals surface area contributed by atoms with E-state index in [1.54, 1.807) is 39.1 Å². The SMILES string of the molecule is Cc1cc(SCC2=C(C(=O)OC(c3ccccc3)c3ccccc3)N3C(=O)[C@@H](NC(=O)C(NC(=O)OC(C)(C)C)c4csc(NC(c5ccccc5)(c5ccccc5)c5ccccc5)n4)[C@H]3SC2)n2nc(C(=O)OC(c3ccccc3)c3ccccc3)nc2n1. The van der Waals surface area contributed by atoms with Crippen molar-refractivity contribution in [3.05, 3.63) is 291 Å². The Morgan fingerprint density at radius 2 is 1.12 bits per heavy atom. The number of thioether (sulfide) groups is 2. The molecular formula is C70H61N9O8S3. The number of aromatic nitrogens is 5. The maximum Gasteiger partial charge on any atom is 0.408 e. The number of aryl methyl sites for hydroxylation is 1. The minimum atomic E-state index is -1.44. The maximum atomic E-state index is 15.2. The third-order valence-corrected chi connectivity index (χ3v) is 18.2. The minimum Gasteiger partial charge on any atom is -0.448 e. The first kappa shape index (κ1) is 60.4. The van der Waals surface area contributed by atoms with E-state index in [0.29, 0.717) is 32.6 Å². The predicted molar refractivity (Wildman–Crippen MR) is 346 cm³/mol. The smallest absolute Gasteiger partial charge is 0.408 e. The lowest BCUT2D eigenvalue weighted by atomic mass is 9.77. The molecule has 0 spiro atoms. The average Bonchev–Trinajstić information content (AvgIpc) is 1.12. The second-order valence-electron chi connectivity index (χ2n) is 22.4. The Kier molecular flexibility index (Phi) is 17.7. The van der Waals surface area contributed by atoms with E-state index in [0.717, 1.165) is 27.8 Å². The molecule has 452 valence electrons. The van der Waals surface area contributed by atoms with E-state index in [9.17, 15) is 9.59 Å². The molecule has 1 unspecified atom stereocenters. The van der Waals surface area contributed by atoms with Gasteiger partial charge in [-0.3, -0.25) is 14.5 Å². The van der Waals surface area contributed by atoms with Crippen molar-refractivity contribution in [1.82, 2.24) is 40.1 Å². The topological polar surface area (TPSA) is 208 Å². The highest BCUT2D eigenvalue weighted by atomic mass is 32.2. The summed E-state index contributed by atoms with van der Waals surface area (Å²) in [7, 11) is 0. The Hall–Kier alpha value is -9.89. The Balaban J connectivity index is 0.848. The van der Waals surface area contributed by atoms with Crippen LogP contribution in [-0.4, -0.2) is 87.8 Å². The van der Waals surface area contributed by atoms with Crippen LogP contribution in [0.15, 0.2) is 240 Å². The van der Waals surface area contributed by atoms with Crippen molar-refractivity contribution in [2.24, 2.45) is 0 Å². The third kappa shape index (κ3) is 13.0. The standard InChI is InChI=1S/C70H61N9O8S3/c1-44-40-54(79-66(71-44)75-60(77-79)65(83)86-59(47-30-16-7-17-31-47)48-32-18-8-19-33-48)88-41-49-42-89-63-56(62(81)78(63)57(49)64(82)85-58(45-26-12-5-13-27-45)46-28-14-6-15-29-46)73-61(80)55(74-68(84)87-69(2,3)4)53-43-90-67(72-53)76-70(50-34-20-9-21-35-50,51-36-22-10-23-37-51)52-38-24-11-25-39-52/h5-40,43,55-56,58-59,63H,41-42H2,1-4H3,(H,72,76)(H,73,80)(H,74,84)/t55?,56-,63-/m1/s1. The van der Waals surface area contributed by atoms with Crippen molar-refractivity contribution < 1.29 is 38.2 Å². The summed E-state index contributed by atoms with van der Waals surface area (Å²) >= 11 is 3.92. The highest BCUT2D eigenvalue weighted by Gasteiger charge is 2.55. The summed E-state index contributed by atoms with van der Waals surface area (Å²) in [6, 6.07) is 66.6. The van der Waals surface area contributed by atoms with Crippen LogP contribution in [0.1, 0.15) is 100.0 Å². The lowest BCUT2D eigenvalue weighted by molar-refractivity contribution is -0.154. The number of ether oxygens (including phenoxy) is 3. The Morgan fingerprint density at radius 1 is 0.644 bits per heavy atom. The van der Waals surface area contributed by atoms with Crippen LogP contribution in [0.2, 0.25) is 0 Å². The first-order valence-electron chi connectivity index (χ1n) is 29.1. The summed E-state index contributed by atoms with van der Waals surface area (Å²) < 4.78 is 19.8. The molecular weight excluding hydrogens is 1190 g/mol. The number of amides is 3. The van der Waals surface area contributed by atoms with Crippen LogP contribution in [-0.2, 0) is 34.1 Å². The number of carbonyl (C=O) groups is 5. The molecule has 10 aromatic rings. The molecule has 2 aliphatic rings. The molecule has 1 fully saturated rings. The van der Waals surface area contributed by atoms with Gasteiger partial charge in [0.1, 0.15) is 33.3 Å². The summed E-state index contributed by atoms with van der Waals surface area (Å²) in [6.07, 6.45) is -2.49. The molecule has 3 aromatic heterocycles. The van der Waals surface area contributed by atoms with Gasteiger partial charge in [-0.2, -0.15) is 9.50 Å². The van der Waals surface area contributed by atoms with Crippen LogP contribution in [0, 0.1) is 6.92 Å². The number of fused-ring (bicyclic) bond motifs is 2. The Labute approximate surface area is 532 Å². The second kappa shape index (κ2) is 26.4. The number of anilines is 1. The fraction of sp³-hybridized carbons (Fsp3) is 0.186. The molecule has 17 nitrogen and oxygen atoms in total. The molecule has 5 heterocycles. The molecule has 0 saturated carbocycles. The molecule has 90 heavy (non-hydrogen) atoms. The molecule has 1 saturated heterocycles. The van der Waals surface area contributed by atoms with E-state index in [2.05, 4.69) is 31.0 Å². The number of hydrogen-bond acceptors (Lipinski definition) is 16. The monoisotopic (exact) mass is 1250 g/mol. The molecule has 0 aliphatic carbocycles. The predicted octanol–water partition coefficient (Wildman–Crippen LogP) is 12.6. The van der Waals surface area contributed by atoms with E-state index >= 15 is 14.4 Å². The van der Waals surface area contributed by atoms with E-state index in [1.165, 1.54) is 44.3 Å². The zero-order valence-electron chi connectivity index (χ0n) is 49.3. The van der Waals surface area contributed by atoms with Crippen molar-refractivity contribution in [3.63, 3.8) is 0 Å². The van der Waals surface area contributed by atoms with Gasteiger partial charge in [-0.05, 0) is 78.3 Å². The van der Waals surface area contributed by atoms with Gasteiger partial charge < -0.3 is 30.2 Å². The van der Waals surface area contributed by atoms with Gasteiger partial charge in [-0.25, -0.2) is 24.4 Å². The maximum absolute atomic E-state index is 15.2. The Morgan fingerprint density at radius 3 is 1.61 bits per heavy atom. The second-order valence-corrected chi connectivity index (χ2v) is 25.3. The van der Waals surface area contributed by atoms with E-state index < -0.39 is 70.7 Å². The van der Waals surface area contributed by atoms with Crippen molar-refractivity contribution >= 4 is 75.6 Å². The number of esters is 2. The molecule has 3 amide bonds. The third-order valence-electron chi connectivity index (χ3n) is 15.0.